The predicted molar refractivity (Wildman–Crippen MR) is 95.7 cm³/mol. The molecule has 2 atom stereocenters. The maximum Gasteiger partial charge on any atom is 0.289 e. The maximum atomic E-state index is 12.8. The molecule has 4 rings (SSSR count). The Bertz CT molecular complexity index is 770. The monoisotopic (exact) mass is 360 g/mol. The van der Waals surface area contributed by atoms with Crippen LogP contribution in [0.1, 0.15) is 23.4 Å². The number of β-amino-alcohol motifs (C(OH)–C–C–N with tert-alkyl or cyclic N) is 1. The van der Waals surface area contributed by atoms with Crippen molar-refractivity contribution < 1.29 is 14.3 Å². The molecule has 1 amide bonds. The molecule has 1 aromatic carbocycles. The first-order valence-electron chi connectivity index (χ1n) is 8.69. The fraction of sp³-hybridized carbons (Fsp3) is 0.421. The minimum atomic E-state index is -0.500. The normalized spacial score (nSPS) is 24.2. The molecule has 6 heteroatoms. The van der Waals surface area contributed by atoms with Crippen LogP contribution in [0.25, 0.3) is 11.3 Å². The second-order valence-corrected chi connectivity index (χ2v) is 7.14. The van der Waals surface area contributed by atoms with Crippen LogP contribution in [0, 0.1) is 0 Å². The molecule has 2 saturated heterocycles. The number of likely N-dealkylation sites (tertiary alicyclic amines) is 2. The molecule has 25 heavy (non-hydrogen) atoms. The minimum absolute atomic E-state index is 0.0319. The van der Waals surface area contributed by atoms with E-state index in [0.29, 0.717) is 23.9 Å². The molecule has 132 valence electrons. The van der Waals surface area contributed by atoms with Crippen LogP contribution in [-0.2, 0) is 0 Å². The smallest absolute Gasteiger partial charge is 0.289 e. The largest absolute Gasteiger partial charge is 0.451 e. The predicted octanol–water partition coefficient (Wildman–Crippen LogP) is 2.88. The number of rotatable bonds is 3. The van der Waals surface area contributed by atoms with Crippen LogP contribution in [-0.4, -0.2) is 59.1 Å². The highest BCUT2D eigenvalue weighted by molar-refractivity contribution is 6.33. The third kappa shape index (κ3) is 3.19. The maximum absolute atomic E-state index is 12.8. The van der Waals surface area contributed by atoms with E-state index in [2.05, 4.69) is 4.90 Å². The van der Waals surface area contributed by atoms with Crippen molar-refractivity contribution in [2.75, 3.05) is 26.2 Å². The molecule has 0 saturated carbocycles. The zero-order valence-electron chi connectivity index (χ0n) is 13.9. The Morgan fingerprint density at radius 2 is 1.88 bits per heavy atom. The molecule has 2 aliphatic rings. The number of carbonyl (C=O) groups excluding carboxylic acids is 1. The van der Waals surface area contributed by atoms with Gasteiger partial charge in [0.25, 0.3) is 5.91 Å². The molecule has 2 aliphatic heterocycles. The van der Waals surface area contributed by atoms with E-state index in [4.69, 9.17) is 16.0 Å². The van der Waals surface area contributed by atoms with E-state index < -0.39 is 6.10 Å². The number of nitrogens with zero attached hydrogens (tertiary/aromatic N) is 2. The third-order valence-corrected chi connectivity index (χ3v) is 5.44. The van der Waals surface area contributed by atoms with Gasteiger partial charge >= 0.3 is 0 Å². The van der Waals surface area contributed by atoms with Crippen molar-refractivity contribution in [3.8, 4) is 11.3 Å². The average molecular weight is 361 g/mol. The summed E-state index contributed by atoms with van der Waals surface area (Å²) >= 11 is 6.19. The molecular formula is C19H21ClN2O3. The summed E-state index contributed by atoms with van der Waals surface area (Å²) in [5.41, 5.74) is 0.764. The lowest BCUT2D eigenvalue weighted by Gasteiger charge is -2.25. The lowest BCUT2D eigenvalue weighted by molar-refractivity contribution is 0.0733. The van der Waals surface area contributed by atoms with Gasteiger partial charge in [0, 0.05) is 18.7 Å². The number of aliphatic hydroxyl groups excluding tert-OH is 1. The summed E-state index contributed by atoms with van der Waals surface area (Å²) in [5, 5.41) is 10.9. The molecule has 5 nitrogen and oxygen atoms in total. The Hall–Kier alpha value is -1.82. The van der Waals surface area contributed by atoms with Gasteiger partial charge in [0.1, 0.15) is 5.76 Å². The van der Waals surface area contributed by atoms with E-state index >= 15 is 0 Å². The lowest BCUT2D eigenvalue weighted by atomic mass is 10.2. The zero-order valence-corrected chi connectivity index (χ0v) is 14.7. The van der Waals surface area contributed by atoms with E-state index in [1.165, 1.54) is 0 Å². The zero-order chi connectivity index (χ0) is 17.4. The van der Waals surface area contributed by atoms with Crippen LogP contribution in [0.4, 0.5) is 0 Å². The highest BCUT2D eigenvalue weighted by Gasteiger charge is 2.39. The average Bonchev–Trinajstić information content (AvgIpc) is 3.35. The number of carbonyl (C=O) groups is 1. The van der Waals surface area contributed by atoms with E-state index in [1.54, 1.807) is 23.1 Å². The van der Waals surface area contributed by atoms with Crippen LogP contribution < -0.4 is 0 Å². The summed E-state index contributed by atoms with van der Waals surface area (Å²) in [4.78, 5) is 16.7. The number of aliphatic hydroxyl groups is 1. The van der Waals surface area contributed by atoms with Crippen LogP contribution in [0.2, 0.25) is 5.02 Å². The summed E-state index contributed by atoms with van der Waals surface area (Å²) in [6.45, 7) is 2.90. The van der Waals surface area contributed by atoms with Crippen molar-refractivity contribution in [2.24, 2.45) is 0 Å². The number of furan rings is 1. The molecule has 0 aliphatic carbocycles. The van der Waals surface area contributed by atoms with Crippen LogP contribution in [0.15, 0.2) is 40.8 Å². The first kappa shape index (κ1) is 16.6. The number of amides is 1. The van der Waals surface area contributed by atoms with Crippen molar-refractivity contribution in [3.63, 3.8) is 0 Å². The summed E-state index contributed by atoms with van der Waals surface area (Å²) < 4.78 is 5.75. The van der Waals surface area contributed by atoms with E-state index in [-0.39, 0.29) is 17.7 Å². The van der Waals surface area contributed by atoms with E-state index in [0.717, 1.165) is 31.5 Å². The van der Waals surface area contributed by atoms with Gasteiger partial charge in [-0.3, -0.25) is 9.69 Å². The SMILES string of the molecule is O=C(c1ccc(-c2ccccc2Cl)o1)N1C[C@@H](O)[C@H](N2CCCC2)C1. The number of benzene rings is 1. The van der Waals surface area contributed by atoms with Gasteiger partial charge in [-0.25, -0.2) is 0 Å². The van der Waals surface area contributed by atoms with Gasteiger partial charge in [0.05, 0.1) is 17.2 Å². The topological polar surface area (TPSA) is 56.9 Å². The van der Waals surface area contributed by atoms with Crippen molar-refractivity contribution in [2.45, 2.75) is 25.0 Å². The molecule has 0 radical (unpaired) electrons. The van der Waals surface area contributed by atoms with E-state index in [1.807, 2.05) is 18.2 Å². The minimum Gasteiger partial charge on any atom is -0.451 e. The standard InChI is InChI=1S/C19H21ClN2O3/c20-14-6-2-1-5-13(14)17-7-8-18(25-17)19(24)22-11-15(16(23)12-22)21-9-3-4-10-21/h1-2,5-8,15-16,23H,3-4,9-12H2/t15-,16-/m1/s1. The first-order valence-corrected chi connectivity index (χ1v) is 9.07. The quantitative estimate of drug-likeness (QED) is 0.914. The highest BCUT2D eigenvalue weighted by atomic mass is 35.5. The first-order chi connectivity index (χ1) is 12.1. The van der Waals surface area contributed by atoms with Gasteiger partial charge in [-0.2, -0.15) is 0 Å². The molecule has 1 aromatic heterocycles. The van der Waals surface area contributed by atoms with Crippen molar-refractivity contribution in [1.82, 2.24) is 9.80 Å². The van der Waals surface area contributed by atoms with Gasteiger partial charge in [-0.15, -0.1) is 0 Å². The third-order valence-electron chi connectivity index (χ3n) is 5.11. The number of halogens is 1. The van der Waals surface area contributed by atoms with Crippen molar-refractivity contribution in [3.05, 3.63) is 47.2 Å². The number of hydrogen-bond acceptors (Lipinski definition) is 4. The van der Waals surface area contributed by atoms with Crippen LogP contribution in [0.5, 0.6) is 0 Å². The van der Waals surface area contributed by atoms with Crippen molar-refractivity contribution >= 4 is 17.5 Å². The fourth-order valence-corrected chi connectivity index (χ4v) is 4.01. The highest BCUT2D eigenvalue weighted by Crippen LogP contribution is 2.30. The van der Waals surface area contributed by atoms with Gasteiger partial charge < -0.3 is 14.4 Å². The van der Waals surface area contributed by atoms with Gasteiger partial charge in [-0.1, -0.05) is 23.7 Å². The molecule has 3 heterocycles. The Balaban J connectivity index is 1.49. The Labute approximate surface area is 151 Å². The van der Waals surface area contributed by atoms with Gasteiger partial charge in [0.2, 0.25) is 0 Å². The second-order valence-electron chi connectivity index (χ2n) is 6.73. The molecular weight excluding hydrogens is 340 g/mol. The lowest BCUT2D eigenvalue weighted by Crippen LogP contribution is -2.41. The molecule has 0 spiro atoms. The Kier molecular flexibility index (Phi) is 4.54. The molecule has 0 unspecified atom stereocenters. The summed E-state index contributed by atoms with van der Waals surface area (Å²) in [5.74, 6) is 0.674. The molecule has 2 aromatic rings. The number of hydrogen-bond donors (Lipinski definition) is 1. The van der Waals surface area contributed by atoms with E-state index in [9.17, 15) is 9.90 Å². The van der Waals surface area contributed by atoms with Gasteiger partial charge in [0.15, 0.2) is 5.76 Å². The summed E-state index contributed by atoms with van der Waals surface area (Å²) in [6, 6.07) is 10.9. The summed E-state index contributed by atoms with van der Waals surface area (Å²) in [7, 11) is 0. The molecule has 1 N–H and O–H groups in total. The Morgan fingerprint density at radius 3 is 2.64 bits per heavy atom. The van der Waals surface area contributed by atoms with Crippen LogP contribution in [0.3, 0.4) is 0 Å². The molecule has 0 bridgehead atoms. The second kappa shape index (κ2) is 6.83. The van der Waals surface area contributed by atoms with Gasteiger partial charge in [-0.05, 0) is 50.2 Å². The fourth-order valence-electron chi connectivity index (χ4n) is 3.78. The van der Waals surface area contributed by atoms with Crippen LogP contribution >= 0.6 is 11.6 Å². The Morgan fingerprint density at radius 1 is 1.12 bits per heavy atom. The van der Waals surface area contributed by atoms with Crippen molar-refractivity contribution in [1.29, 1.82) is 0 Å². The molecule has 2 fully saturated rings. The summed E-state index contributed by atoms with van der Waals surface area (Å²) in [6.07, 6.45) is 1.83.